The second kappa shape index (κ2) is 5.52. The minimum atomic E-state index is -3.54. The number of fused-ring (bicyclic) bond motifs is 1. The Bertz CT molecular complexity index is 820. The zero-order valence-electron chi connectivity index (χ0n) is 11.8. The Labute approximate surface area is 137 Å². The van der Waals surface area contributed by atoms with Crippen molar-refractivity contribution in [2.75, 3.05) is 10.6 Å². The number of hydrogen-bond donors (Lipinski definition) is 0. The first-order valence-electron chi connectivity index (χ1n) is 6.73. The second-order valence-electron chi connectivity index (χ2n) is 5.20. The summed E-state index contributed by atoms with van der Waals surface area (Å²) in [4.78, 5) is 12.0. The standard InChI is InChI=1S/C16H14BrNO3S/c1-22(20,21)18-13-10-6-5-9-12(13)16(19)14(17)15(18)11-7-3-2-4-8-11/h2-10,14-15H,1H3. The summed E-state index contributed by atoms with van der Waals surface area (Å²) in [5, 5.41) is 0. The van der Waals surface area contributed by atoms with E-state index in [4.69, 9.17) is 0 Å². The Balaban J connectivity index is 2.27. The number of para-hydroxylation sites is 1. The summed E-state index contributed by atoms with van der Waals surface area (Å²) in [6.45, 7) is 0. The molecule has 22 heavy (non-hydrogen) atoms. The fraction of sp³-hybridized carbons (Fsp3) is 0.188. The Kier molecular flexibility index (Phi) is 3.82. The molecule has 0 spiro atoms. The minimum Gasteiger partial charge on any atom is -0.293 e. The third kappa shape index (κ3) is 2.46. The van der Waals surface area contributed by atoms with E-state index in [1.165, 1.54) is 4.31 Å². The maximum Gasteiger partial charge on any atom is 0.232 e. The van der Waals surface area contributed by atoms with Crippen molar-refractivity contribution >= 4 is 37.4 Å². The second-order valence-corrected chi connectivity index (χ2v) is 8.04. The number of ketones is 1. The van der Waals surface area contributed by atoms with E-state index in [0.717, 1.165) is 11.8 Å². The monoisotopic (exact) mass is 379 g/mol. The molecule has 0 aliphatic carbocycles. The summed E-state index contributed by atoms with van der Waals surface area (Å²) in [5.74, 6) is -0.107. The number of sulfonamides is 1. The van der Waals surface area contributed by atoms with Gasteiger partial charge in [0.1, 0.15) is 4.83 Å². The van der Waals surface area contributed by atoms with Gasteiger partial charge in [-0.05, 0) is 17.7 Å². The highest BCUT2D eigenvalue weighted by Gasteiger charge is 2.43. The number of anilines is 1. The van der Waals surface area contributed by atoms with Crippen molar-refractivity contribution in [2.45, 2.75) is 10.9 Å². The smallest absolute Gasteiger partial charge is 0.232 e. The molecule has 0 saturated carbocycles. The van der Waals surface area contributed by atoms with Crippen LogP contribution in [0.5, 0.6) is 0 Å². The highest BCUT2D eigenvalue weighted by molar-refractivity contribution is 9.10. The number of carbonyl (C=O) groups is 1. The summed E-state index contributed by atoms with van der Waals surface area (Å²) in [6, 6.07) is 15.4. The lowest BCUT2D eigenvalue weighted by Crippen LogP contribution is -2.45. The lowest BCUT2D eigenvalue weighted by atomic mass is 9.92. The molecule has 0 radical (unpaired) electrons. The number of hydrogen-bond acceptors (Lipinski definition) is 3. The number of Topliss-reactive ketones (excluding diaryl/α,β-unsaturated/α-hetero) is 1. The van der Waals surface area contributed by atoms with Gasteiger partial charge in [-0.25, -0.2) is 8.42 Å². The van der Waals surface area contributed by atoms with Gasteiger partial charge in [0.25, 0.3) is 0 Å². The van der Waals surface area contributed by atoms with E-state index >= 15 is 0 Å². The first-order valence-corrected chi connectivity index (χ1v) is 9.49. The molecule has 2 unspecified atom stereocenters. The zero-order chi connectivity index (χ0) is 15.9. The topological polar surface area (TPSA) is 54.5 Å². The Morgan fingerprint density at radius 3 is 2.23 bits per heavy atom. The van der Waals surface area contributed by atoms with Crippen LogP contribution in [0.25, 0.3) is 0 Å². The van der Waals surface area contributed by atoms with Crippen LogP contribution in [0.4, 0.5) is 5.69 Å². The zero-order valence-corrected chi connectivity index (χ0v) is 14.2. The molecular formula is C16H14BrNO3S. The minimum absolute atomic E-state index is 0.107. The number of carbonyl (C=O) groups excluding carboxylic acids is 1. The highest BCUT2D eigenvalue weighted by Crippen LogP contribution is 2.43. The Morgan fingerprint density at radius 2 is 1.59 bits per heavy atom. The number of alkyl halides is 1. The normalized spacial score (nSPS) is 21.5. The summed E-state index contributed by atoms with van der Waals surface area (Å²) in [7, 11) is -3.54. The molecule has 0 saturated heterocycles. The average Bonchev–Trinajstić information content (AvgIpc) is 2.50. The summed E-state index contributed by atoms with van der Waals surface area (Å²) in [6.07, 6.45) is 1.16. The summed E-state index contributed by atoms with van der Waals surface area (Å²) >= 11 is 3.40. The Morgan fingerprint density at radius 1 is 1.00 bits per heavy atom. The van der Waals surface area contributed by atoms with E-state index in [-0.39, 0.29) is 5.78 Å². The molecule has 1 aliphatic rings. The van der Waals surface area contributed by atoms with Crippen LogP contribution in [0.3, 0.4) is 0 Å². The molecule has 0 N–H and O–H groups in total. The number of benzene rings is 2. The molecule has 4 nitrogen and oxygen atoms in total. The SMILES string of the molecule is CS(=O)(=O)N1c2ccccc2C(=O)C(Br)C1c1ccccc1. The molecule has 1 heterocycles. The number of nitrogens with zero attached hydrogens (tertiary/aromatic N) is 1. The fourth-order valence-corrected chi connectivity index (χ4v) is 4.89. The van der Waals surface area contributed by atoms with Crippen LogP contribution in [-0.2, 0) is 10.0 Å². The summed E-state index contributed by atoms with van der Waals surface area (Å²) in [5.41, 5.74) is 1.62. The molecule has 2 atom stereocenters. The molecule has 6 heteroatoms. The van der Waals surface area contributed by atoms with Crippen molar-refractivity contribution in [2.24, 2.45) is 0 Å². The average molecular weight is 380 g/mol. The lowest BCUT2D eigenvalue weighted by Gasteiger charge is -2.39. The predicted octanol–water partition coefficient (Wildman–Crippen LogP) is 3.15. The lowest BCUT2D eigenvalue weighted by molar-refractivity contribution is 0.0979. The highest BCUT2D eigenvalue weighted by atomic mass is 79.9. The van der Waals surface area contributed by atoms with Crippen molar-refractivity contribution < 1.29 is 13.2 Å². The third-order valence-electron chi connectivity index (χ3n) is 3.69. The Hall–Kier alpha value is -1.66. The molecule has 3 rings (SSSR count). The van der Waals surface area contributed by atoms with E-state index in [2.05, 4.69) is 15.9 Å². The van der Waals surface area contributed by atoms with Crippen LogP contribution < -0.4 is 4.31 Å². The van der Waals surface area contributed by atoms with Crippen LogP contribution >= 0.6 is 15.9 Å². The molecule has 2 aromatic carbocycles. The molecule has 0 amide bonds. The molecule has 0 bridgehead atoms. The van der Waals surface area contributed by atoms with Gasteiger partial charge < -0.3 is 0 Å². The number of rotatable bonds is 2. The molecule has 114 valence electrons. The maximum absolute atomic E-state index is 12.6. The largest absolute Gasteiger partial charge is 0.293 e. The van der Waals surface area contributed by atoms with E-state index in [0.29, 0.717) is 11.3 Å². The van der Waals surface area contributed by atoms with Crippen LogP contribution in [0.15, 0.2) is 54.6 Å². The van der Waals surface area contributed by atoms with Crippen molar-refractivity contribution in [3.05, 3.63) is 65.7 Å². The fourth-order valence-electron chi connectivity index (χ4n) is 2.77. The van der Waals surface area contributed by atoms with Crippen LogP contribution in [0, 0.1) is 0 Å². The van der Waals surface area contributed by atoms with Crippen molar-refractivity contribution in [3.8, 4) is 0 Å². The molecule has 1 aliphatic heterocycles. The van der Waals surface area contributed by atoms with Gasteiger partial charge >= 0.3 is 0 Å². The van der Waals surface area contributed by atoms with Gasteiger partial charge in [0.05, 0.1) is 18.0 Å². The first-order chi connectivity index (χ1) is 10.4. The van der Waals surface area contributed by atoms with Crippen molar-refractivity contribution in [1.29, 1.82) is 0 Å². The van der Waals surface area contributed by atoms with Gasteiger partial charge in [0.15, 0.2) is 5.78 Å². The van der Waals surface area contributed by atoms with Gasteiger partial charge in [-0.3, -0.25) is 9.10 Å². The molecule has 0 aromatic heterocycles. The van der Waals surface area contributed by atoms with E-state index in [1.807, 2.05) is 30.3 Å². The number of halogens is 1. The van der Waals surface area contributed by atoms with E-state index in [1.54, 1.807) is 24.3 Å². The third-order valence-corrected chi connectivity index (χ3v) is 5.74. The summed E-state index contributed by atoms with van der Waals surface area (Å²) < 4.78 is 26.1. The van der Waals surface area contributed by atoms with E-state index in [9.17, 15) is 13.2 Å². The van der Waals surface area contributed by atoms with Gasteiger partial charge in [-0.2, -0.15) is 0 Å². The van der Waals surface area contributed by atoms with Gasteiger partial charge in [-0.1, -0.05) is 58.4 Å². The molecule has 2 aromatic rings. The van der Waals surface area contributed by atoms with Crippen molar-refractivity contribution in [1.82, 2.24) is 0 Å². The van der Waals surface area contributed by atoms with Crippen LogP contribution in [0.1, 0.15) is 22.0 Å². The first kappa shape index (κ1) is 15.2. The van der Waals surface area contributed by atoms with Crippen LogP contribution in [-0.4, -0.2) is 25.3 Å². The van der Waals surface area contributed by atoms with Crippen molar-refractivity contribution in [3.63, 3.8) is 0 Å². The molecule has 0 fully saturated rings. The van der Waals surface area contributed by atoms with Gasteiger partial charge in [0, 0.05) is 5.56 Å². The quantitative estimate of drug-likeness (QED) is 0.753. The predicted molar refractivity (Wildman–Crippen MR) is 90.0 cm³/mol. The van der Waals surface area contributed by atoms with Gasteiger partial charge in [0.2, 0.25) is 10.0 Å². The maximum atomic E-state index is 12.6. The molecular weight excluding hydrogens is 366 g/mol. The van der Waals surface area contributed by atoms with Crippen LogP contribution in [0.2, 0.25) is 0 Å². The van der Waals surface area contributed by atoms with Gasteiger partial charge in [-0.15, -0.1) is 0 Å². The van der Waals surface area contributed by atoms with E-state index < -0.39 is 20.9 Å².